The van der Waals surface area contributed by atoms with Gasteiger partial charge >= 0.3 is 0 Å². The van der Waals surface area contributed by atoms with Crippen molar-refractivity contribution in [2.45, 2.75) is 32.6 Å². The molecule has 17 heavy (non-hydrogen) atoms. The number of aromatic nitrogens is 1. The van der Waals surface area contributed by atoms with E-state index in [4.69, 9.17) is 0 Å². The monoisotopic (exact) mass is 265 g/mol. The van der Waals surface area contributed by atoms with Crippen LogP contribution >= 0.6 is 22.7 Å². The highest BCUT2D eigenvalue weighted by atomic mass is 32.1. The number of nitrogens with zero attached hydrogens (tertiary/aromatic N) is 1. The largest absolute Gasteiger partial charge is 0.294 e. The number of hydrogen-bond acceptors (Lipinski definition) is 4. The third-order valence-electron chi connectivity index (χ3n) is 2.48. The summed E-state index contributed by atoms with van der Waals surface area (Å²) in [4.78, 5) is 16.4. The minimum absolute atomic E-state index is 0.0557. The molecule has 2 rings (SSSR count). The van der Waals surface area contributed by atoms with Gasteiger partial charge in [-0.3, -0.25) is 4.79 Å². The molecule has 0 spiro atoms. The molecule has 0 amide bonds. The summed E-state index contributed by atoms with van der Waals surface area (Å²) in [6, 6.07) is 1.87. The van der Waals surface area contributed by atoms with E-state index in [1.165, 1.54) is 0 Å². The fraction of sp³-hybridized carbons (Fsp3) is 0.385. The van der Waals surface area contributed by atoms with Crippen molar-refractivity contribution in [2.75, 3.05) is 0 Å². The lowest BCUT2D eigenvalue weighted by atomic mass is 9.93. The smallest absolute Gasteiger partial charge is 0.170 e. The van der Waals surface area contributed by atoms with Gasteiger partial charge in [0.15, 0.2) is 5.78 Å². The Bertz CT molecular complexity index is 506. The maximum Gasteiger partial charge on any atom is 0.170 e. The number of ketones is 1. The number of carbonyl (C=O) groups excluding carboxylic acids is 1. The zero-order valence-corrected chi connectivity index (χ0v) is 11.8. The number of carbonyl (C=O) groups is 1. The summed E-state index contributed by atoms with van der Waals surface area (Å²) in [5.41, 5.74) is 1.92. The highest BCUT2D eigenvalue weighted by Gasteiger charge is 2.18. The third kappa shape index (κ3) is 3.01. The van der Waals surface area contributed by atoms with Gasteiger partial charge in [0.1, 0.15) is 5.01 Å². The van der Waals surface area contributed by atoms with E-state index in [1.54, 1.807) is 22.7 Å². The first-order chi connectivity index (χ1) is 7.97. The first-order valence-electron chi connectivity index (χ1n) is 5.47. The molecule has 0 saturated heterocycles. The quantitative estimate of drug-likeness (QED) is 0.787. The van der Waals surface area contributed by atoms with Gasteiger partial charge in [-0.2, -0.15) is 11.3 Å². The van der Waals surface area contributed by atoms with Crippen molar-refractivity contribution in [2.24, 2.45) is 0 Å². The fourth-order valence-electron chi connectivity index (χ4n) is 1.40. The van der Waals surface area contributed by atoms with Crippen molar-refractivity contribution in [3.8, 4) is 0 Å². The van der Waals surface area contributed by atoms with Crippen LogP contribution in [0.25, 0.3) is 0 Å². The summed E-state index contributed by atoms with van der Waals surface area (Å²) in [7, 11) is 0. The van der Waals surface area contributed by atoms with E-state index in [1.807, 2.05) is 16.8 Å². The standard InChI is InChI=1S/C13H15NOS2/c1-13(2,3)11-8-17-12(14-11)6-10(15)9-4-5-16-7-9/h4-5,7-8H,6H2,1-3H3. The summed E-state index contributed by atoms with van der Waals surface area (Å²) in [5, 5.41) is 6.78. The van der Waals surface area contributed by atoms with Crippen LogP contribution in [-0.2, 0) is 11.8 Å². The van der Waals surface area contributed by atoms with Crippen LogP contribution in [0.5, 0.6) is 0 Å². The average molecular weight is 265 g/mol. The summed E-state index contributed by atoms with van der Waals surface area (Å²) in [6.45, 7) is 6.39. The lowest BCUT2D eigenvalue weighted by Crippen LogP contribution is -2.12. The number of Topliss-reactive ketones (excluding diaryl/α,β-unsaturated/α-hetero) is 1. The molecule has 0 aliphatic carbocycles. The van der Waals surface area contributed by atoms with E-state index in [2.05, 4.69) is 31.1 Å². The second kappa shape index (κ2) is 4.70. The molecule has 0 bridgehead atoms. The van der Waals surface area contributed by atoms with Gasteiger partial charge in [-0.15, -0.1) is 11.3 Å². The summed E-state index contributed by atoms with van der Waals surface area (Å²) in [6.07, 6.45) is 0.414. The highest BCUT2D eigenvalue weighted by Crippen LogP contribution is 2.24. The Hall–Kier alpha value is -1.00. The lowest BCUT2D eigenvalue weighted by Gasteiger charge is -2.14. The van der Waals surface area contributed by atoms with Gasteiger partial charge in [0.2, 0.25) is 0 Å². The molecule has 2 aromatic rings. The molecule has 0 aromatic carbocycles. The van der Waals surface area contributed by atoms with Crippen LogP contribution < -0.4 is 0 Å². The molecule has 0 N–H and O–H groups in total. The molecule has 90 valence electrons. The van der Waals surface area contributed by atoms with Crippen LogP contribution in [0.4, 0.5) is 0 Å². The van der Waals surface area contributed by atoms with E-state index in [0.717, 1.165) is 16.3 Å². The first-order valence-corrected chi connectivity index (χ1v) is 7.29. The van der Waals surface area contributed by atoms with Crippen LogP contribution in [-0.4, -0.2) is 10.8 Å². The second-order valence-electron chi connectivity index (χ2n) is 4.99. The van der Waals surface area contributed by atoms with Crippen molar-refractivity contribution in [1.82, 2.24) is 4.98 Å². The van der Waals surface area contributed by atoms with E-state index in [0.29, 0.717) is 6.42 Å². The Morgan fingerprint density at radius 3 is 2.65 bits per heavy atom. The van der Waals surface area contributed by atoms with Gasteiger partial charge < -0.3 is 0 Å². The molecule has 2 heterocycles. The first kappa shape index (κ1) is 12.5. The van der Waals surface area contributed by atoms with Crippen LogP contribution in [0.1, 0.15) is 41.8 Å². The normalized spacial score (nSPS) is 11.7. The molecule has 0 aliphatic rings. The predicted octanol–water partition coefficient (Wildman–Crippen LogP) is 3.93. The second-order valence-corrected chi connectivity index (χ2v) is 6.71. The lowest BCUT2D eigenvalue weighted by molar-refractivity contribution is 0.0993. The summed E-state index contributed by atoms with van der Waals surface area (Å²) in [5.74, 6) is 0.154. The molecule has 0 unspecified atom stereocenters. The average Bonchev–Trinajstić information content (AvgIpc) is 2.85. The zero-order chi connectivity index (χ0) is 12.5. The molecule has 0 fully saturated rings. The van der Waals surface area contributed by atoms with Crippen LogP contribution in [0.2, 0.25) is 0 Å². The predicted molar refractivity (Wildman–Crippen MR) is 73.2 cm³/mol. The summed E-state index contributed by atoms with van der Waals surface area (Å²) < 4.78 is 0. The minimum atomic E-state index is 0.0557. The highest BCUT2D eigenvalue weighted by molar-refractivity contribution is 7.09. The number of rotatable bonds is 3. The Morgan fingerprint density at radius 2 is 2.12 bits per heavy atom. The Balaban J connectivity index is 2.10. The van der Waals surface area contributed by atoms with E-state index in [-0.39, 0.29) is 11.2 Å². The van der Waals surface area contributed by atoms with Gasteiger partial charge in [0.05, 0.1) is 12.1 Å². The van der Waals surface area contributed by atoms with Gasteiger partial charge in [-0.25, -0.2) is 4.98 Å². The van der Waals surface area contributed by atoms with Crippen LogP contribution in [0.15, 0.2) is 22.2 Å². The maximum atomic E-state index is 11.9. The van der Waals surface area contributed by atoms with Gasteiger partial charge in [0.25, 0.3) is 0 Å². The van der Waals surface area contributed by atoms with Crippen molar-refractivity contribution < 1.29 is 4.79 Å². The third-order valence-corrected chi connectivity index (χ3v) is 4.01. The Labute approximate surface area is 109 Å². The van der Waals surface area contributed by atoms with Gasteiger partial charge in [-0.1, -0.05) is 20.8 Å². The minimum Gasteiger partial charge on any atom is -0.294 e. The molecule has 2 nitrogen and oxygen atoms in total. The number of thiophene rings is 1. The molecule has 0 saturated carbocycles. The zero-order valence-electron chi connectivity index (χ0n) is 10.2. The van der Waals surface area contributed by atoms with Gasteiger partial charge in [0, 0.05) is 21.7 Å². The van der Waals surface area contributed by atoms with E-state index in [9.17, 15) is 4.79 Å². The van der Waals surface area contributed by atoms with Crippen molar-refractivity contribution in [3.63, 3.8) is 0 Å². The van der Waals surface area contributed by atoms with Crippen molar-refractivity contribution in [3.05, 3.63) is 38.5 Å². The van der Waals surface area contributed by atoms with Crippen LogP contribution in [0, 0.1) is 0 Å². The summed E-state index contributed by atoms with van der Waals surface area (Å²) >= 11 is 3.12. The van der Waals surface area contributed by atoms with Crippen LogP contribution in [0.3, 0.4) is 0 Å². The topological polar surface area (TPSA) is 30.0 Å². The molecule has 2 aromatic heterocycles. The van der Waals surface area contributed by atoms with E-state index >= 15 is 0 Å². The van der Waals surface area contributed by atoms with E-state index < -0.39 is 0 Å². The molecular formula is C13H15NOS2. The molecule has 0 radical (unpaired) electrons. The van der Waals surface area contributed by atoms with Gasteiger partial charge in [-0.05, 0) is 11.4 Å². The Morgan fingerprint density at radius 1 is 1.35 bits per heavy atom. The van der Waals surface area contributed by atoms with Crippen molar-refractivity contribution in [1.29, 1.82) is 0 Å². The maximum absolute atomic E-state index is 11.9. The molecular weight excluding hydrogens is 250 g/mol. The molecule has 4 heteroatoms. The number of hydrogen-bond donors (Lipinski definition) is 0. The SMILES string of the molecule is CC(C)(C)c1csc(CC(=O)c2ccsc2)n1. The Kier molecular flexibility index (Phi) is 3.45. The fourth-order valence-corrected chi connectivity index (χ4v) is 3.08. The number of thiazole rings is 1. The molecule has 0 aliphatic heterocycles. The molecule has 0 atom stereocenters. The van der Waals surface area contributed by atoms with Crippen molar-refractivity contribution >= 4 is 28.5 Å².